The molecule has 2 rings (SSSR count). The van der Waals surface area contributed by atoms with Crippen LogP contribution in [0.2, 0.25) is 0 Å². The molecule has 1 aromatic heterocycles. The molecule has 0 saturated heterocycles. The lowest BCUT2D eigenvalue weighted by Crippen LogP contribution is -2.17. The zero-order valence-electron chi connectivity index (χ0n) is 13.3. The van der Waals surface area contributed by atoms with Crippen LogP contribution in [0, 0.1) is 6.92 Å². The van der Waals surface area contributed by atoms with E-state index in [0.29, 0.717) is 0 Å². The molecule has 0 fully saturated rings. The van der Waals surface area contributed by atoms with Gasteiger partial charge in [-0.15, -0.1) is 0 Å². The predicted octanol–water partition coefficient (Wildman–Crippen LogP) is 3.84. The van der Waals surface area contributed by atoms with E-state index in [4.69, 9.17) is 0 Å². The zero-order valence-corrected chi connectivity index (χ0v) is 13.3. The Hall–Kier alpha value is -1.87. The Bertz CT molecular complexity index is 549. The van der Waals surface area contributed by atoms with Gasteiger partial charge in [0.1, 0.15) is 5.82 Å². The van der Waals surface area contributed by atoms with Crippen molar-refractivity contribution in [1.82, 2.24) is 9.88 Å². The first-order valence-electron chi connectivity index (χ1n) is 7.60. The molecule has 0 bridgehead atoms. The van der Waals surface area contributed by atoms with Crippen LogP contribution in [0.4, 0.5) is 5.82 Å². The number of hydrogen-bond donors (Lipinski definition) is 1. The highest BCUT2D eigenvalue weighted by atomic mass is 15.1. The van der Waals surface area contributed by atoms with Crippen molar-refractivity contribution in [3.05, 3.63) is 59.3 Å². The summed E-state index contributed by atoms with van der Waals surface area (Å²) < 4.78 is 0. The number of nitrogens with zero attached hydrogens (tertiary/aromatic N) is 2. The summed E-state index contributed by atoms with van der Waals surface area (Å²) in [5.41, 5.74) is 3.95. The number of aryl methyl sites for hydroxylation is 1. The van der Waals surface area contributed by atoms with Gasteiger partial charge < -0.3 is 5.32 Å². The van der Waals surface area contributed by atoms with Gasteiger partial charge in [-0.1, -0.05) is 36.8 Å². The second-order valence-electron chi connectivity index (χ2n) is 5.63. The molecule has 1 heterocycles. The summed E-state index contributed by atoms with van der Waals surface area (Å²) >= 11 is 0. The third-order valence-corrected chi connectivity index (χ3v) is 3.41. The van der Waals surface area contributed by atoms with Crippen LogP contribution < -0.4 is 5.32 Å². The normalized spacial score (nSPS) is 10.9. The first kappa shape index (κ1) is 15.5. The third-order valence-electron chi connectivity index (χ3n) is 3.41. The van der Waals surface area contributed by atoms with Crippen molar-refractivity contribution < 1.29 is 0 Å². The lowest BCUT2D eigenvalue weighted by atomic mass is 10.1. The van der Waals surface area contributed by atoms with Gasteiger partial charge in [0.15, 0.2) is 0 Å². The largest absolute Gasteiger partial charge is 0.370 e. The van der Waals surface area contributed by atoms with E-state index in [1.165, 1.54) is 16.7 Å². The Labute approximate surface area is 128 Å². The summed E-state index contributed by atoms with van der Waals surface area (Å²) in [6, 6.07) is 13.0. The standard InChI is InChI=1S/C18H25N3/c1-4-10-19-18-12-17(9-11-20-18)14-21(3)13-16-7-5-15(2)6-8-16/h5-9,11-12H,4,10,13-14H2,1-3H3,(H,19,20). The first-order chi connectivity index (χ1) is 10.2. The minimum Gasteiger partial charge on any atom is -0.370 e. The van der Waals surface area contributed by atoms with Crippen LogP contribution in [0.5, 0.6) is 0 Å². The fourth-order valence-corrected chi connectivity index (χ4v) is 2.30. The van der Waals surface area contributed by atoms with Gasteiger partial charge in [-0.05, 0) is 43.7 Å². The molecule has 0 spiro atoms. The molecule has 112 valence electrons. The first-order valence-corrected chi connectivity index (χ1v) is 7.60. The summed E-state index contributed by atoms with van der Waals surface area (Å²) in [6.45, 7) is 7.13. The van der Waals surface area contributed by atoms with Crippen molar-refractivity contribution in [2.75, 3.05) is 18.9 Å². The quantitative estimate of drug-likeness (QED) is 0.836. The minimum atomic E-state index is 0.928. The molecule has 0 aliphatic heterocycles. The number of rotatable bonds is 7. The number of nitrogens with one attached hydrogen (secondary N) is 1. The number of pyridine rings is 1. The smallest absolute Gasteiger partial charge is 0.126 e. The Kier molecular flexibility index (Phi) is 5.76. The molecule has 0 aliphatic carbocycles. The van der Waals surface area contributed by atoms with Crippen LogP contribution in [0.15, 0.2) is 42.6 Å². The van der Waals surface area contributed by atoms with E-state index in [1.807, 2.05) is 6.20 Å². The van der Waals surface area contributed by atoms with Crippen molar-refractivity contribution in [3.8, 4) is 0 Å². The molecule has 0 atom stereocenters. The molecule has 1 aromatic carbocycles. The van der Waals surface area contributed by atoms with Crippen LogP contribution in [0.25, 0.3) is 0 Å². The zero-order chi connectivity index (χ0) is 15.1. The van der Waals surface area contributed by atoms with E-state index in [0.717, 1.165) is 31.9 Å². The van der Waals surface area contributed by atoms with Crippen molar-refractivity contribution in [3.63, 3.8) is 0 Å². The fourth-order valence-electron chi connectivity index (χ4n) is 2.30. The molecule has 3 nitrogen and oxygen atoms in total. The SMILES string of the molecule is CCCNc1cc(CN(C)Cc2ccc(C)cc2)ccn1. The van der Waals surface area contributed by atoms with Crippen molar-refractivity contribution in [1.29, 1.82) is 0 Å². The summed E-state index contributed by atoms with van der Waals surface area (Å²) in [7, 11) is 2.15. The number of anilines is 1. The fraction of sp³-hybridized carbons (Fsp3) is 0.389. The number of hydrogen-bond acceptors (Lipinski definition) is 3. The van der Waals surface area contributed by atoms with Gasteiger partial charge >= 0.3 is 0 Å². The van der Waals surface area contributed by atoms with Gasteiger partial charge in [0.25, 0.3) is 0 Å². The van der Waals surface area contributed by atoms with Crippen LogP contribution in [-0.4, -0.2) is 23.5 Å². The topological polar surface area (TPSA) is 28.2 Å². The van der Waals surface area contributed by atoms with Gasteiger partial charge in [0, 0.05) is 25.8 Å². The molecule has 2 aromatic rings. The van der Waals surface area contributed by atoms with Gasteiger partial charge in [-0.3, -0.25) is 4.90 Å². The maximum Gasteiger partial charge on any atom is 0.126 e. The van der Waals surface area contributed by atoms with Crippen LogP contribution >= 0.6 is 0 Å². The van der Waals surface area contributed by atoms with Crippen molar-refractivity contribution >= 4 is 5.82 Å². The Balaban J connectivity index is 1.92. The second-order valence-corrected chi connectivity index (χ2v) is 5.63. The number of benzene rings is 1. The molecule has 3 heteroatoms. The molecular weight excluding hydrogens is 258 g/mol. The highest BCUT2D eigenvalue weighted by Crippen LogP contribution is 2.12. The summed E-state index contributed by atoms with van der Waals surface area (Å²) in [4.78, 5) is 6.67. The van der Waals surface area contributed by atoms with Crippen LogP contribution in [0.3, 0.4) is 0 Å². The lowest BCUT2D eigenvalue weighted by molar-refractivity contribution is 0.319. The highest BCUT2D eigenvalue weighted by Gasteiger charge is 2.03. The highest BCUT2D eigenvalue weighted by molar-refractivity contribution is 5.37. The van der Waals surface area contributed by atoms with E-state index in [2.05, 4.69) is 72.5 Å². The molecule has 0 unspecified atom stereocenters. The second kappa shape index (κ2) is 7.79. The van der Waals surface area contributed by atoms with E-state index >= 15 is 0 Å². The van der Waals surface area contributed by atoms with Gasteiger partial charge in [0.05, 0.1) is 0 Å². The average molecular weight is 283 g/mol. The van der Waals surface area contributed by atoms with Crippen molar-refractivity contribution in [2.24, 2.45) is 0 Å². The lowest BCUT2D eigenvalue weighted by Gasteiger charge is -2.17. The van der Waals surface area contributed by atoms with E-state index in [9.17, 15) is 0 Å². The van der Waals surface area contributed by atoms with E-state index in [1.54, 1.807) is 0 Å². The van der Waals surface area contributed by atoms with Crippen LogP contribution in [0.1, 0.15) is 30.0 Å². The Morgan fingerprint density at radius 2 is 1.76 bits per heavy atom. The minimum absolute atomic E-state index is 0.928. The predicted molar refractivity (Wildman–Crippen MR) is 89.4 cm³/mol. The average Bonchev–Trinajstić information content (AvgIpc) is 2.48. The number of aromatic nitrogens is 1. The summed E-state index contributed by atoms with van der Waals surface area (Å²) in [5.74, 6) is 0.970. The maximum absolute atomic E-state index is 4.35. The summed E-state index contributed by atoms with van der Waals surface area (Å²) in [5, 5.41) is 3.33. The molecule has 0 aliphatic rings. The molecule has 0 saturated carbocycles. The molecule has 0 radical (unpaired) electrons. The van der Waals surface area contributed by atoms with Crippen LogP contribution in [-0.2, 0) is 13.1 Å². The molecule has 1 N–H and O–H groups in total. The molecular formula is C18H25N3. The van der Waals surface area contributed by atoms with E-state index in [-0.39, 0.29) is 0 Å². The Morgan fingerprint density at radius 3 is 2.48 bits per heavy atom. The van der Waals surface area contributed by atoms with E-state index < -0.39 is 0 Å². The molecule has 0 amide bonds. The summed E-state index contributed by atoms with van der Waals surface area (Å²) in [6.07, 6.45) is 2.99. The maximum atomic E-state index is 4.35. The van der Waals surface area contributed by atoms with Gasteiger partial charge in [-0.2, -0.15) is 0 Å². The van der Waals surface area contributed by atoms with Crippen molar-refractivity contribution in [2.45, 2.75) is 33.4 Å². The molecule has 21 heavy (non-hydrogen) atoms. The van der Waals surface area contributed by atoms with Gasteiger partial charge in [0.2, 0.25) is 0 Å². The van der Waals surface area contributed by atoms with Gasteiger partial charge in [-0.25, -0.2) is 4.98 Å². The monoisotopic (exact) mass is 283 g/mol. The Morgan fingerprint density at radius 1 is 1.05 bits per heavy atom. The third kappa shape index (κ3) is 5.20.